The van der Waals surface area contributed by atoms with Crippen molar-refractivity contribution in [3.05, 3.63) is 0 Å². The van der Waals surface area contributed by atoms with E-state index in [1.54, 1.807) is 20.8 Å². The Morgan fingerprint density at radius 3 is 1.69 bits per heavy atom. The van der Waals surface area contributed by atoms with E-state index in [1.165, 1.54) is 0 Å². The third-order valence-corrected chi connectivity index (χ3v) is 2.78. The fraction of sp³-hybridized carbons (Fsp3) is 0.769. The summed E-state index contributed by atoms with van der Waals surface area (Å²) in [6.07, 6.45) is 0.748. The van der Waals surface area contributed by atoms with Crippen LogP contribution in [0.15, 0.2) is 0 Å². The van der Waals surface area contributed by atoms with Crippen molar-refractivity contribution in [2.45, 2.75) is 47.5 Å². The highest BCUT2D eigenvalue weighted by Crippen LogP contribution is 2.14. The molecule has 0 radical (unpaired) electrons. The van der Waals surface area contributed by atoms with Crippen molar-refractivity contribution in [2.24, 2.45) is 17.8 Å². The first-order valence-corrected chi connectivity index (χ1v) is 5.90. The predicted octanol–water partition coefficient (Wildman–Crippen LogP) is 2.42. The van der Waals surface area contributed by atoms with Crippen LogP contribution >= 0.6 is 0 Å². The van der Waals surface area contributed by atoms with Gasteiger partial charge in [-0.15, -0.1) is 0 Å². The number of rotatable bonds is 7. The van der Waals surface area contributed by atoms with Gasteiger partial charge >= 0.3 is 0 Å². The monoisotopic (exact) mass is 226 g/mol. The molecule has 2 unspecified atom stereocenters. The molecule has 0 aromatic carbocycles. The third kappa shape index (κ3) is 4.25. The van der Waals surface area contributed by atoms with E-state index in [9.17, 15) is 14.4 Å². The van der Waals surface area contributed by atoms with Gasteiger partial charge in [0.15, 0.2) is 5.78 Å². The minimum Gasteiger partial charge on any atom is -0.299 e. The lowest BCUT2D eigenvalue weighted by Crippen LogP contribution is -2.31. The van der Waals surface area contributed by atoms with Crippen molar-refractivity contribution < 1.29 is 14.4 Å². The van der Waals surface area contributed by atoms with Gasteiger partial charge in [-0.3, -0.25) is 14.4 Å². The summed E-state index contributed by atoms with van der Waals surface area (Å²) < 4.78 is 0. The van der Waals surface area contributed by atoms with E-state index in [0.29, 0.717) is 12.8 Å². The molecule has 2 atom stereocenters. The molecule has 92 valence electrons. The SMILES string of the molecule is CCC(=O)C(C)C(=O)C(C)C(=O)CC(C)C. The number of ketones is 3. The summed E-state index contributed by atoms with van der Waals surface area (Å²) in [7, 11) is 0. The molecule has 0 rings (SSSR count). The summed E-state index contributed by atoms with van der Waals surface area (Å²) in [5.41, 5.74) is 0. The highest BCUT2D eigenvalue weighted by Gasteiger charge is 2.29. The van der Waals surface area contributed by atoms with Crippen molar-refractivity contribution in [1.29, 1.82) is 0 Å². The van der Waals surface area contributed by atoms with Crippen molar-refractivity contribution in [2.75, 3.05) is 0 Å². The van der Waals surface area contributed by atoms with Crippen LogP contribution in [0, 0.1) is 17.8 Å². The first-order valence-electron chi connectivity index (χ1n) is 5.90. The molecule has 0 N–H and O–H groups in total. The van der Waals surface area contributed by atoms with Gasteiger partial charge in [0.1, 0.15) is 11.6 Å². The lowest BCUT2D eigenvalue weighted by molar-refractivity contribution is -0.138. The number of hydrogen-bond acceptors (Lipinski definition) is 3. The first kappa shape index (κ1) is 15.0. The zero-order valence-corrected chi connectivity index (χ0v) is 10.9. The van der Waals surface area contributed by atoms with Crippen LogP contribution in [0.5, 0.6) is 0 Å². The zero-order valence-electron chi connectivity index (χ0n) is 10.9. The van der Waals surface area contributed by atoms with Crippen LogP contribution in [-0.2, 0) is 14.4 Å². The maximum Gasteiger partial charge on any atom is 0.153 e. The fourth-order valence-electron chi connectivity index (χ4n) is 1.58. The molecule has 0 saturated carbocycles. The minimum atomic E-state index is -0.645. The Kier molecular flexibility index (Phi) is 6.16. The quantitative estimate of drug-likeness (QED) is 0.626. The highest BCUT2D eigenvalue weighted by atomic mass is 16.2. The van der Waals surface area contributed by atoms with Gasteiger partial charge in [-0.2, -0.15) is 0 Å². The Hall–Kier alpha value is -0.990. The van der Waals surface area contributed by atoms with Crippen LogP contribution in [-0.4, -0.2) is 17.3 Å². The Labute approximate surface area is 97.6 Å². The van der Waals surface area contributed by atoms with E-state index in [-0.39, 0.29) is 23.3 Å². The lowest BCUT2D eigenvalue weighted by atomic mass is 9.86. The van der Waals surface area contributed by atoms with Crippen molar-refractivity contribution in [1.82, 2.24) is 0 Å². The molecule has 3 nitrogen and oxygen atoms in total. The Bertz CT molecular complexity index is 279. The molecule has 0 aliphatic rings. The first-order chi connectivity index (χ1) is 7.31. The summed E-state index contributed by atoms with van der Waals surface area (Å²) in [5.74, 6) is -1.42. The second-order valence-electron chi connectivity index (χ2n) is 4.73. The van der Waals surface area contributed by atoms with E-state index >= 15 is 0 Å². The van der Waals surface area contributed by atoms with Gasteiger partial charge in [0.25, 0.3) is 0 Å². The van der Waals surface area contributed by atoms with E-state index in [4.69, 9.17) is 0 Å². The van der Waals surface area contributed by atoms with Crippen LogP contribution in [0.25, 0.3) is 0 Å². The lowest BCUT2D eigenvalue weighted by Gasteiger charge is -2.15. The van der Waals surface area contributed by atoms with Gasteiger partial charge in [0.2, 0.25) is 0 Å². The topological polar surface area (TPSA) is 51.2 Å². The maximum atomic E-state index is 11.8. The van der Waals surface area contributed by atoms with Crippen molar-refractivity contribution in [3.63, 3.8) is 0 Å². The summed E-state index contributed by atoms with van der Waals surface area (Å²) in [6.45, 7) is 8.80. The molecule has 16 heavy (non-hydrogen) atoms. The van der Waals surface area contributed by atoms with E-state index in [2.05, 4.69) is 0 Å². The second-order valence-corrected chi connectivity index (χ2v) is 4.73. The van der Waals surface area contributed by atoms with Crippen LogP contribution in [0.1, 0.15) is 47.5 Å². The number of carbonyl (C=O) groups excluding carboxylic acids is 3. The summed E-state index contributed by atoms with van der Waals surface area (Å²) >= 11 is 0. The Morgan fingerprint density at radius 1 is 0.875 bits per heavy atom. The average Bonchev–Trinajstić information content (AvgIpc) is 2.23. The minimum absolute atomic E-state index is 0.0595. The molecule has 0 spiro atoms. The number of hydrogen-bond donors (Lipinski definition) is 0. The third-order valence-electron chi connectivity index (χ3n) is 2.78. The van der Waals surface area contributed by atoms with Gasteiger partial charge in [-0.1, -0.05) is 20.8 Å². The molecular weight excluding hydrogens is 204 g/mol. The van der Waals surface area contributed by atoms with Crippen LogP contribution < -0.4 is 0 Å². The Morgan fingerprint density at radius 2 is 1.31 bits per heavy atom. The van der Waals surface area contributed by atoms with E-state index < -0.39 is 11.8 Å². The van der Waals surface area contributed by atoms with Crippen molar-refractivity contribution >= 4 is 17.3 Å². The average molecular weight is 226 g/mol. The molecule has 0 aromatic heterocycles. The van der Waals surface area contributed by atoms with Gasteiger partial charge in [-0.25, -0.2) is 0 Å². The van der Waals surface area contributed by atoms with Gasteiger partial charge in [0.05, 0.1) is 11.8 Å². The number of carbonyl (C=O) groups is 3. The summed E-state index contributed by atoms with van der Waals surface area (Å²) in [5, 5.41) is 0. The molecule has 0 amide bonds. The second kappa shape index (κ2) is 6.56. The molecular formula is C13H22O3. The largest absolute Gasteiger partial charge is 0.299 e. The fourth-order valence-corrected chi connectivity index (χ4v) is 1.58. The molecule has 0 aromatic rings. The number of Topliss-reactive ketones (excluding diaryl/α,β-unsaturated/α-hetero) is 3. The van der Waals surface area contributed by atoms with Gasteiger partial charge in [0, 0.05) is 12.8 Å². The molecule has 0 fully saturated rings. The summed E-state index contributed by atoms with van der Waals surface area (Å²) in [4.78, 5) is 34.9. The zero-order chi connectivity index (χ0) is 12.9. The van der Waals surface area contributed by atoms with Gasteiger partial charge in [-0.05, 0) is 19.8 Å². The van der Waals surface area contributed by atoms with E-state index in [0.717, 1.165) is 0 Å². The highest BCUT2D eigenvalue weighted by molar-refractivity contribution is 6.11. The van der Waals surface area contributed by atoms with Crippen LogP contribution in [0.3, 0.4) is 0 Å². The standard InChI is InChI=1S/C13H22O3/c1-6-11(14)9(4)13(16)10(5)12(15)7-8(2)3/h8-10H,6-7H2,1-5H3. The smallest absolute Gasteiger partial charge is 0.153 e. The molecule has 0 saturated heterocycles. The van der Waals surface area contributed by atoms with Crippen molar-refractivity contribution in [3.8, 4) is 0 Å². The summed E-state index contributed by atoms with van der Waals surface area (Å²) in [6, 6.07) is 0. The molecule has 0 heterocycles. The van der Waals surface area contributed by atoms with Crippen LogP contribution in [0.2, 0.25) is 0 Å². The van der Waals surface area contributed by atoms with E-state index in [1.807, 2.05) is 13.8 Å². The van der Waals surface area contributed by atoms with Crippen LogP contribution in [0.4, 0.5) is 0 Å². The maximum absolute atomic E-state index is 11.8. The Balaban J connectivity index is 4.49. The molecule has 3 heteroatoms. The normalized spacial score (nSPS) is 14.6. The molecule has 0 aliphatic carbocycles. The van der Waals surface area contributed by atoms with Gasteiger partial charge < -0.3 is 0 Å². The molecule has 0 aliphatic heterocycles. The molecule has 0 bridgehead atoms. The predicted molar refractivity (Wildman–Crippen MR) is 63.1 cm³/mol.